The van der Waals surface area contributed by atoms with Gasteiger partial charge in [0.05, 0.1) is 6.42 Å². The van der Waals surface area contributed by atoms with Gasteiger partial charge in [0.25, 0.3) is 0 Å². The van der Waals surface area contributed by atoms with Gasteiger partial charge in [-0.15, -0.1) is 0 Å². The van der Waals surface area contributed by atoms with Crippen molar-refractivity contribution in [3.63, 3.8) is 0 Å². The van der Waals surface area contributed by atoms with Gasteiger partial charge in [-0.25, -0.2) is 0 Å². The molecule has 0 aliphatic carbocycles. The molecule has 0 saturated carbocycles. The molecule has 0 bridgehead atoms. The van der Waals surface area contributed by atoms with Crippen molar-refractivity contribution in [1.82, 2.24) is 10.2 Å². The standard InChI is InChI=1S/C26H27ClN2O2/c1-19-10-6-7-13-21(19)17-25(30)29(18-22-14-8-9-15-23(22)27)24(26(31)28-2)16-20-11-4-3-5-12-20/h3-15,24H,16-18H2,1-2H3,(H,28,31). The lowest BCUT2D eigenvalue weighted by atomic mass is 10.0. The highest BCUT2D eigenvalue weighted by molar-refractivity contribution is 6.31. The van der Waals surface area contributed by atoms with E-state index in [1.54, 1.807) is 18.0 Å². The number of nitrogens with zero attached hydrogens (tertiary/aromatic N) is 1. The second-order valence-electron chi connectivity index (χ2n) is 7.54. The first kappa shape index (κ1) is 22.6. The van der Waals surface area contributed by atoms with Gasteiger partial charge in [0, 0.05) is 25.0 Å². The molecule has 5 heteroatoms. The van der Waals surface area contributed by atoms with Crippen LogP contribution in [0.15, 0.2) is 78.9 Å². The third-order valence-electron chi connectivity index (χ3n) is 5.42. The largest absolute Gasteiger partial charge is 0.357 e. The highest BCUT2D eigenvalue weighted by Crippen LogP contribution is 2.21. The van der Waals surface area contributed by atoms with E-state index in [-0.39, 0.29) is 24.8 Å². The lowest BCUT2D eigenvalue weighted by molar-refractivity contribution is -0.140. The first-order valence-electron chi connectivity index (χ1n) is 10.3. The van der Waals surface area contributed by atoms with E-state index in [0.29, 0.717) is 11.4 Å². The number of halogens is 1. The van der Waals surface area contributed by atoms with Crippen LogP contribution in [0.4, 0.5) is 0 Å². The van der Waals surface area contributed by atoms with Gasteiger partial charge in [-0.2, -0.15) is 0 Å². The summed E-state index contributed by atoms with van der Waals surface area (Å²) in [7, 11) is 1.60. The minimum absolute atomic E-state index is 0.112. The maximum atomic E-state index is 13.5. The first-order chi connectivity index (χ1) is 15.0. The van der Waals surface area contributed by atoms with Crippen molar-refractivity contribution in [2.75, 3.05) is 7.05 Å². The molecule has 0 aromatic heterocycles. The molecule has 1 atom stereocenters. The van der Waals surface area contributed by atoms with Crippen molar-refractivity contribution < 1.29 is 9.59 Å². The van der Waals surface area contributed by atoms with Crippen molar-refractivity contribution in [3.05, 3.63) is 106 Å². The van der Waals surface area contributed by atoms with E-state index in [4.69, 9.17) is 11.6 Å². The SMILES string of the molecule is CNC(=O)C(Cc1ccccc1)N(Cc1ccccc1Cl)C(=O)Cc1ccccc1C. The molecule has 3 rings (SSSR count). The zero-order chi connectivity index (χ0) is 22.2. The molecule has 3 aromatic rings. The number of aryl methyl sites for hydroxylation is 1. The molecule has 2 amide bonds. The molecule has 0 aliphatic heterocycles. The van der Waals surface area contributed by atoms with E-state index in [1.807, 2.05) is 79.7 Å². The second-order valence-corrected chi connectivity index (χ2v) is 7.94. The van der Waals surface area contributed by atoms with E-state index in [2.05, 4.69) is 5.32 Å². The van der Waals surface area contributed by atoms with Gasteiger partial charge in [0.15, 0.2) is 0 Å². The molecular weight excluding hydrogens is 408 g/mol. The number of rotatable bonds is 8. The molecule has 0 aliphatic rings. The molecule has 0 saturated heterocycles. The lowest BCUT2D eigenvalue weighted by Crippen LogP contribution is -2.50. The normalized spacial score (nSPS) is 11.6. The number of likely N-dealkylation sites (N-methyl/N-ethyl adjacent to an activating group) is 1. The van der Waals surface area contributed by atoms with Crippen LogP contribution >= 0.6 is 11.6 Å². The van der Waals surface area contributed by atoms with Crippen LogP contribution < -0.4 is 5.32 Å². The fourth-order valence-electron chi connectivity index (χ4n) is 3.60. The first-order valence-corrected chi connectivity index (χ1v) is 10.7. The molecule has 0 radical (unpaired) electrons. The summed E-state index contributed by atoms with van der Waals surface area (Å²) in [6, 6.07) is 24.3. The van der Waals surface area contributed by atoms with E-state index in [1.165, 1.54) is 0 Å². The Hall–Kier alpha value is -3.11. The Morgan fingerprint density at radius 2 is 1.52 bits per heavy atom. The van der Waals surface area contributed by atoms with E-state index >= 15 is 0 Å². The van der Waals surface area contributed by atoms with Crippen molar-refractivity contribution in [2.24, 2.45) is 0 Å². The number of nitrogens with one attached hydrogen (secondary N) is 1. The van der Waals surface area contributed by atoms with Crippen LogP contribution in [0.3, 0.4) is 0 Å². The van der Waals surface area contributed by atoms with Crippen LogP contribution in [-0.4, -0.2) is 29.8 Å². The Morgan fingerprint density at radius 3 is 2.16 bits per heavy atom. The van der Waals surface area contributed by atoms with Crippen LogP contribution in [0.2, 0.25) is 5.02 Å². The van der Waals surface area contributed by atoms with E-state index < -0.39 is 6.04 Å². The maximum Gasteiger partial charge on any atom is 0.242 e. The number of hydrogen-bond acceptors (Lipinski definition) is 2. The van der Waals surface area contributed by atoms with Crippen LogP contribution in [-0.2, 0) is 29.0 Å². The van der Waals surface area contributed by atoms with Gasteiger partial charge in [-0.05, 0) is 35.2 Å². The highest BCUT2D eigenvalue weighted by atomic mass is 35.5. The average molecular weight is 435 g/mol. The maximum absolute atomic E-state index is 13.5. The van der Waals surface area contributed by atoms with Crippen molar-refractivity contribution in [3.8, 4) is 0 Å². The van der Waals surface area contributed by atoms with Crippen molar-refractivity contribution >= 4 is 23.4 Å². The highest BCUT2D eigenvalue weighted by Gasteiger charge is 2.30. The molecule has 0 fully saturated rings. The van der Waals surface area contributed by atoms with Crippen LogP contribution in [0.1, 0.15) is 22.3 Å². The molecule has 1 unspecified atom stereocenters. The number of carbonyl (C=O) groups is 2. The molecule has 4 nitrogen and oxygen atoms in total. The summed E-state index contributed by atoms with van der Waals surface area (Å²) >= 11 is 6.40. The van der Waals surface area contributed by atoms with Crippen LogP contribution in [0, 0.1) is 6.92 Å². The average Bonchev–Trinajstić information content (AvgIpc) is 2.79. The third-order valence-corrected chi connectivity index (χ3v) is 5.79. The van der Waals surface area contributed by atoms with Gasteiger partial charge >= 0.3 is 0 Å². The topological polar surface area (TPSA) is 49.4 Å². The fraction of sp³-hybridized carbons (Fsp3) is 0.231. The number of hydrogen-bond donors (Lipinski definition) is 1. The van der Waals surface area contributed by atoms with E-state index in [9.17, 15) is 9.59 Å². The van der Waals surface area contributed by atoms with Gasteiger partial charge in [-0.1, -0.05) is 84.4 Å². The molecular formula is C26H27ClN2O2. The summed E-state index contributed by atoms with van der Waals surface area (Å²) in [6.07, 6.45) is 0.643. The summed E-state index contributed by atoms with van der Waals surface area (Å²) < 4.78 is 0. The number of carbonyl (C=O) groups excluding carboxylic acids is 2. The Balaban J connectivity index is 1.97. The molecule has 1 N–H and O–H groups in total. The minimum Gasteiger partial charge on any atom is -0.357 e. The summed E-state index contributed by atoms with van der Waals surface area (Å²) in [6.45, 7) is 2.25. The lowest BCUT2D eigenvalue weighted by Gasteiger charge is -2.31. The Morgan fingerprint density at radius 1 is 0.903 bits per heavy atom. The van der Waals surface area contributed by atoms with E-state index in [0.717, 1.165) is 22.3 Å². The predicted octanol–water partition coefficient (Wildman–Crippen LogP) is 4.58. The van der Waals surface area contributed by atoms with Gasteiger partial charge < -0.3 is 10.2 Å². The molecule has 3 aromatic carbocycles. The summed E-state index contributed by atoms with van der Waals surface area (Å²) in [5, 5.41) is 3.31. The van der Waals surface area contributed by atoms with Crippen LogP contribution in [0.5, 0.6) is 0 Å². The van der Waals surface area contributed by atoms with Gasteiger partial charge in [-0.3, -0.25) is 9.59 Å². The summed E-state index contributed by atoms with van der Waals surface area (Å²) in [5.74, 6) is -0.312. The fourth-order valence-corrected chi connectivity index (χ4v) is 3.80. The molecule has 160 valence electrons. The van der Waals surface area contributed by atoms with Crippen LogP contribution in [0.25, 0.3) is 0 Å². The quantitative estimate of drug-likeness (QED) is 0.564. The number of amides is 2. The molecule has 0 spiro atoms. The molecule has 31 heavy (non-hydrogen) atoms. The third kappa shape index (κ3) is 5.96. The monoisotopic (exact) mass is 434 g/mol. The van der Waals surface area contributed by atoms with Gasteiger partial charge in [0.1, 0.15) is 6.04 Å². The smallest absolute Gasteiger partial charge is 0.242 e. The number of benzene rings is 3. The zero-order valence-corrected chi connectivity index (χ0v) is 18.6. The van der Waals surface area contributed by atoms with Crippen molar-refractivity contribution in [1.29, 1.82) is 0 Å². The van der Waals surface area contributed by atoms with Crippen molar-refractivity contribution in [2.45, 2.75) is 32.4 Å². The Labute approximate surface area is 188 Å². The summed E-state index contributed by atoms with van der Waals surface area (Å²) in [4.78, 5) is 28.1. The Bertz CT molecular complexity index is 1040. The zero-order valence-electron chi connectivity index (χ0n) is 17.8. The van der Waals surface area contributed by atoms with Gasteiger partial charge in [0.2, 0.25) is 11.8 Å². The minimum atomic E-state index is -0.653. The second kappa shape index (κ2) is 10.8. The summed E-state index contributed by atoms with van der Waals surface area (Å²) in [5.41, 5.74) is 3.80. The molecule has 0 heterocycles. The Kier molecular flexibility index (Phi) is 7.85. The predicted molar refractivity (Wildman–Crippen MR) is 125 cm³/mol.